The van der Waals surface area contributed by atoms with Crippen LogP contribution in [0.2, 0.25) is 5.02 Å². The molecule has 1 aliphatic heterocycles. The highest BCUT2D eigenvalue weighted by Crippen LogP contribution is 2.47. The smallest absolute Gasteiger partial charge is 0.244 e. The lowest BCUT2D eigenvalue weighted by Crippen LogP contribution is -2.21. The number of nitrogens with one attached hydrogen (secondary N) is 1. The molecule has 128 valence electrons. The summed E-state index contributed by atoms with van der Waals surface area (Å²) in [5.41, 5.74) is 10.7. The van der Waals surface area contributed by atoms with E-state index >= 15 is 0 Å². The molecular formula is C20H15ClN4O. The Hall–Kier alpha value is -3.23. The van der Waals surface area contributed by atoms with Crippen molar-refractivity contribution in [3.8, 4) is 23.2 Å². The molecular weight excluding hydrogens is 348 g/mol. The van der Waals surface area contributed by atoms with Gasteiger partial charge in [0.05, 0.1) is 17.2 Å². The predicted octanol–water partition coefficient (Wildman–Crippen LogP) is 4.26. The summed E-state index contributed by atoms with van der Waals surface area (Å²) in [4.78, 5) is 0. The maximum Gasteiger partial charge on any atom is 0.244 e. The van der Waals surface area contributed by atoms with Crippen LogP contribution in [0.15, 0.2) is 60.0 Å². The second kappa shape index (κ2) is 6.25. The molecule has 2 heterocycles. The van der Waals surface area contributed by atoms with Crippen LogP contribution < -0.4 is 10.5 Å². The molecule has 0 fully saturated rings. The second-order valence-corrected chi connectivity index (χ2v) is 6.54. The van der Waals surface area contributed by atoms with Crippen molar-refractivity contribution >= 4 is 11.6 Å². The molecule has 2 aromatic carbocycles. The third kappa shape index (κ3) is 2.52. The zero-order valence-corrected chi connectivity index (χ0v) is 14.7. The van der Waals surface area contributed by atoms with Crippen molar-refractivity contribution in [2.24, 2.45) is 5.73 Å². The van der Waals surface area contributed by atoms with Crippen LogP contribution in [-0.4, -0.2) is 10.2 Å². The van der Waals surface area contributed by atoms with Crippen LogP contribution in [0.3, 0.4) is 0 Å². The first kappa shape index (κ1) is 16.2. The molecule has 0 aliphatic carbocycles. The van der Waals surface area contributed by atoms with E-state index in [9.17, 15) is 5.26 Å². The highest BCUT2D eigenvalue weighted by atomic mass is 35.5. The molecule has 0 saturated carbocycles. The fraction of sp³-hybridized carbons (Fsp3) is 0.100. The number of allylic oxidation sites excluding steroid dienone is 1. The van der Waals surface area contributed by atoms with Crippen molar-refractivity contribution < 1.29 is 4.74 Å². The molecule has 3 aromatic rings. The lowest BCUT2D eigenvalue weighted by atomic mass is 9.83. The van der Waals surface area contributed by atoms with E-state index < -0.39 is 5.92 Å². The molecule has 0 saturated heterocycles. The van der Waals surface area contributed by atoms with Gasteiger partial charge in [-0.05, 0) is 18.6 Å². The number of nitrogens with zero attached hydrogens (tertiary/aromatic N) is 2. The minimum absolute atomic E-state index is 0.0480. The Bertz CT molecular complexity index is 1060. The van der Waals surface area contributed by atoms with Crippen LogP contribution in [0.5, 0.6) is 5.88 Å². The number of benzene rings is 2. The minimum Gasteiger partial charge on any atom is -0.420 e. The number of aromatic amines is 1. The van der Waals surface area contributed by atoms with E-state index in [0.29, 0.717) is 16.5 Å². The average molecular weight is 363 g/mol. The van der Waals surface area contributed by atoms with E-state index in [1.54, 1.807) is 6.07 Å². The Kier molecular flexibility index (Phi) is 3.90. The Morgan fingerprint density at radius 1 is 1.19 bits per heavy atom. The molecule has 4 rings (SSSR count). The Balaban J connectivity index is 1.97. The number of H-pyrrole nitrogens is 1. The molecule has 1 aromatic heterocycles. The summed E-state index contributed by atoms with van der Waals surface area (Å²) in [5.74, 6) is -0.0404. The maximum absolute atomic E-state index is 9.70. The molecule has 3 N–H and O–H groups in total. The summed E-state index contributed by atoms with van der Waals surface area (Å²) in [5, 5.41) is 17.6. The van der Waals surface area contributed by atoms with E-state index in [-0.39, 0.29) is 5.88 Å². The van der Waals surface area contributed by atoms with Gasteiger partial charge in [-0.25, -0.2) is 0 Å². The van der Waals surface area contributed by atoms with Crippen molar-refractivity contribution in [1.29, 1.82) is 5.26 Å². The van der Waals surface area contributed by atoms with Gasteiger partial charge in [0.2, 0.25) is 11.8 Å². The molecule has 26 heavy (non-hydrogen) atoms. The number of rotatable bonds is 2. The Labute approximate surface area is 155 Å². The van der Waals surface area contributed by atoms with Crippen LogP contribution >= 0.6 is 11.6 Å². The van der Waals surface area contributed by atoms with Gasteiger partial charge in [0.25, 0.3) is 0 Å². The van der Waals surface area contributed by atoms with Gasteiger partial charge in [0, 0.05) is 10.6 Å². The highest BCUT2D eigenvalue weighted by Gasteiger charge is 2.36. The topological polar surface area (TPSA) is 87.7 Å². The quantitative estimate of drug-likeness (QED) is 0.713. The van der Waals surface area contributed by atoms with E-state index in [4.69, 9.17) is 22.1 Å². The summed E-state index contributed by atoms with van der Waals surface area (Å²) in [6, 6.07) is 17.6. The predicted molar refractivity (Wildman–Crippen MR) is 99.5 cm³/mol. The number of aromatic nitrogens is 2. The summed E-state index contributed by atoms with van der Waals surface area (Å²) in [7, 11) is 0. The number of hydrogen-bond acceptors (Lipinski definition) is 4. The number of nitrogens with two attached hydrogens (primary N) is 1. The molecule has 1 aliphatic rings. The fourth-order valence-electron chi connectivity index (χ4n) is 3.21. The summed E-state index contributed by atoms with van der Waals surface area (Å²) < 4.78 is 5.60. The number of nitriles is 1. The third-order valence-electron chi connectivity index (χ3n) is 4.50. The molecule has 0 bridgehead atoms. The largest absolute Gasteiger partial charge is 0.420 e. The number of ether oxygens (including phenoxy) is 1. The standard InChI is InChI=1S/C20H15ClN4O/c1-11-6-8-12(9-7-11)18-17-16(13-4-2-3-5-15(13)21)14(10-22)19(23)26-20(17)25-24-18/h2-9,16H,23H2,1H3,(H,24,25). The van der Waals surface area contributed by atoms with Gasteiger partial charge >= 0.3 is 0 Å². The summed E-state index contributed by atoms with van der Waals surface area (Å²) >= 11 is 6.44. The van der Waals surface area contributed by atoms with Crippen LogP contribution in [0.1, 0.15) is 22.6 Å². The number of aryl methyl sites for hydroxylation is 1. The van der Waals surface area contributed by atoms with Crippen molar-refractivity contribution in [3.05, 3.63) is 81.7 Å². The van der Waals surface area contributed by atoms with E-state index in [1.807, 2.05) is 49.4 Å². The van der Waals surface area contributed by atoms with E-state index in [2.05, 4.69) is 16.3 Å². The maximum atomic E-state index is 9.70. The lowest BCUT2D eigenvalue weighted by Gasteiger charge is -2.24. The molecule has 5 nitrogen and oxygen atoms in total. The molecule has 6 heteroatoms. The van der Waals surface area contributed by atoms with Gasteiger partial charge in [-0.2, -0.15) is 5.26 Å². The van der Waals surface area contributed by atoms with Gasteiger partial charge < -0.3 is 10.5 Å². The number of fused-ring (bicyclic) bond motifs is 1. The average Bonchev–Trinajstić information content (AvgIpc) is 3.05. The zero-order valence-electron chi connectivity index (χ0n) is 14.0. The summed E-state index contributed by atoms with van der Waals surface area (Å²) in [6.45, 7) is 2.03. The lowest BCUT2D eigenvalue weighted by molar-refractivity contribution is 0.379. The first-order valence-electron chi connectivity index (χ1n) is 8.07. The van der Waals surface area contributed by atoms with E-state index in [1.165, 1.54) is 0 Å². The second-order valence-electron chi connectivity index (χ2n) is 6.13. The van der Waals surface area contributed by atoms with Crippen LogP contribution in [0.4, 0.5) is 0 Å². The summed E-state index contributed by atoms with van der Waals surface area (Å²) in [6.07, 6.45) is 0. The minimum atomic E-state index is -0.451. The van der Waals surface area contributed by atoms with Gasteiger partial charge in [-0.1, -0.05) is 59.6 Å². The van der Waals surface area contributed by atoms with Crippen LogP contribution in [0, 0.1) is 18.3 Å². The first-order valence-corrected chi connectivity index (χ1v) is 8.45. The molecule has 1 atom stereocenters. The number of hydrogen-bond donors (Lipinski definition) is 2. The van der Waals surface area contributed by atoms with Crippen LogP contribution in [-0.2, 0) is 0 Å². The van der Waals surface area contributed by atoms with Crippen LogP contribution in [0.25, 0.3) is 11.3 Å². The number of halogens is 1. The van der Waals surface area contributed by atoms with Crippen molar-refractivity contribution in [2.75, 3.05) is 0 Å². The highest BCUT2D eigenvalue weighted by molar-refractivity contribution is 6.31. The molecule has 0 radical (unpaired) electrons. The Morgan fingerprint density at radius 3 is 2.62 bits per heavy atom. The molecule has 0 amide bonds. The molecule has 0 spiro atoms. The van der Waals surface area contributed by atoms with Gasteiger partial charge in [0.1, 0.15) is 11.6 Å². The zero-order chi connectivity index (χ0) is 18.3. The fourth-order valence-corrected chi connectivity index (χ4v) is 3.45. The molecule has 1 unspecified atom stereocenters. The van der Waals surface area contributed by atoms with Crippen molar-refractivity contribution in [3.63, 3.8) is 0 Å². The van der Waals surface area contributed by atoms with Crippen molar-refractivity contribution in [1.82, 2.24) is 10.2 Å². The first-order chi connectivity index (χ1) is 12.6. The third-order valence-corrected chi connectivity index (χ3v) is 4.84. The van der Waals surface area contributed by atoms with Crippen molar-refractivity contribution in [2.45, 2.75) is 12.8 Å². The monoisotopic (exact) mass is 362 g/mol. The van der Waals surface area contributed by atoms with Gasteiger partial charge in [-0.15, -0.1) is 5.10 Å². The SMILES string of the molecule is Cc1ccc(-c2[nH]nc3c2C(c2ccccc2Cl)C(C#N)=C(N)O3)cc1. The van der Waals surface area contributed by atoms with E-state index in [0.717, 1.165) is 27.9 Å². The van der Waals surface area contributed by atoms with Gasteiger partial charge in [-0.3, -0.25) is 5.10 Å². The van der Waals surface area contributed by atoms with Gasteiger partial charge in [0.15, 0.2) is 0 Å². The normalized spacial score (nSPS) is 16.0. The Morgan fingerprint density at radius 2 is 1.92 bits per heavy atom.